The van der Waals surface area contributed by atoms with Crippen LogP contribution in [0.3, 0.4) is 0 Å². The largest absolute Gasteiger partial charge is 0.357 e. The van der Waals surface area contributed by atoms with Gasteiger partial charge in [0.15, 0.2) is 0 Å². The van der Waals surface area contributed by atoms with Crippen LogP contribution in [-0.4, -0.2) is 32.5 Å². The molecule has 1 heterocycles. The molecule has 1 N–H and O–H groups in total. The average Bonchev–Trinajstić information content (AvgIpc) is 2.47. The molecule has 0 aliphatic heterocycles. The molecule has 0 amide bonds. The third-order valence-corrected chi connectivity index (χ3v) is 4.37. The second-order valence-electron chi connectivity index (χ2n) is 3.80. The lowest BCUT2D eigenvalue weighted by molar-refractivity contribution is 0.593. The van der Waals surface area contributed by atoms with Gasteiger partial charge in [0.25, 0.3) is 10.0 Å². The van der Waals surface area contributed by atoms with Gasteiger partial charge in [-0.05, 0) is 12.1 Å². The summed E-state index contributed by atoms with van der Waals surface area (Å²) in [4.78, 5) is 7.88. The van der Waals surface area contributed by atoms with Crippen LogP contribution in [0.2, 0.25) is 0 Å². The first kappa shape index (κ1) is 13.3. The maximum atomic E-state index is 12.4. The minimum Gasteiger partial charge on any atom is -0.357 e. The van der Waals surface area contributed by atoms with Gasteiger partial charge in [-0.25, -0.2) is 18.4 Å². The minimum absolute atomic E-state index is 0.0536. The summed E-state index contributed by atoms with van der Waals surface area (Å²) in [6, 6.07) is 8.83. The fourth-order valence-electron chi connectivity index (χ4n) is 1.51. The molecule has 0 saturated heterocycles. The minimum atomic E-state index is -3.64. The molecule has 100 valence electrons. The number of nitrogens with one attached hydrogen (secondary N) is 1. The Bertz CT molecular complexity index is 641. The number of anilines is 2. The van der Waals surface area contributed by atoms with Crippen LogP contribution in [-0.2, 0) is 10.0 Å². The number of rotatable bonds is 4. The van der Waals surface area contributed by atoms with Crippen molar-refractivity contribution in [3.63, 3.8) is 0 Å². The number of hydrogen-bond acceptors (Lipinski definition) is 5. The molecule has 0 radical (unpaired) electrons. The topological polar surface area (TPSA) is 75.2 Å². The van der Waals surface area contributed by atoms with E-state index in [4.69, 9.17) is 0 Å². The standard InChI is InChI=1S/C12H14N4O2S/c1-13-12-14-8-11(9-15-12)19(17,18)16(2)10-6-4-3-5-7-10/h3-9H,1-2H3,(H,13,14,15). The second-order valence-corrected chi connectivity index (χ2v) is 5.77. The van der Waals surface area contributed by atoms with Gasteiger partial charge in [-0.15, -0.1) is 0 Å². The molecule has 0 spiro atoms. The summed E-state index contributed by atoms with van der Waals surface area (Å²) in [5, 5.41) is 2.74. The highest BCUT2D eigenvalue weighted by atomic mass is 32.2. The van der Waals surface area contributed by atoms with Crippen molar-refractivity contribution >= 4 is 21.7 Å². The third-order valence-electron chi connectivity index (χ3n) is 2.63. The molecule has 7 heteroatoms. The number of aromatic nitrogens is 2. The second kappa shape index (κ2) is 5.23. The lowest BCUT2D eigenvalue weighted by atomic mass is 10.3. The molecule has 0 aliphatic carbocycles. The van der Waals surface area contributed by atoms with Crippen LogP contribution in [0.4, 0.5) is 11.6 Å². The van der Waals surface area contributed by atoms with E-state index in [9.17, 15) is 8.42 Å². The lowest BCUT2D eigenvalue weighted by Crippen LogP contribution is -2.26. The van der Waals surface area contributed by atoms with Crippen molar-refractivity contribution in [2.45, 2.75) is 4.90 Å². The highest BCUT2D eigenvalue weighted by Gasteiger charge is 2.21. The van der Waals surface area contributed by atoms with Crippen molar-refractivity contribution in [2.24, 2.45) is 0 Å². The third kappa shape index (κ3) is 2.65. The number of para-hydroxylation sites is 1. The normalized spacial score (nSPS) is 11.1. The van der Waals surface area contributed by atoms with Crippen molar-refractivity contribution in [1.29, 1.82) is 0 Å². The molecule has 0 unspecified atom stereocenters. The van der Waals surface area contributed by atoms with Gasteiger partial charge >= 0.3 is 0 Å². The van der Waals surface area contributed by atoms with E-state index in [0.29, 0.717) is 11.6 Å². The van der Waals surface area contributed by atoms with Gasteiger partial charge in [-0.3, -0.25) is 4.31 Å². The summed E-state index contributed by atoms with van der Waals surface area (Å²) in [6.45, 7) is 0. The van der Waals surface area contributed by atoms with E-state index in [2.05, 4.69) is 15.3 Å². The zero-order valence-corrected chi connectivity index (χ0v) is 11.4. The van der Waals surface area contributed by atoms with E-state index >= 15 is 0 Å². The number of nitrogens with zero attached hydrogens (tertiary/aromatic N) is 3. The Labute approximate surface area is 112 Å². The fourth-order valence-corrected chi connectivity index (χ4v) is 2.60. The number of benzene rings is 1. The molecular weight excluding hydrogens is 264 g/mol. The summed E-state index contributed by atoms with van der Waals surface area (Å²) in [5.41, 5.74) is 0.584. The maximum absolute atomic E-state index is 12.4. The average molecular weight is 278 g/mol. The lowest BCUT2D eigenvalue weighted by Gasteiger charge is -2.18. The summed E-state index contributed by atoms with van der Waals surface area (Å²) in [6.07, 6.45) is 2.57. The van der Waals surface area contributed by atoms with Gasteiger partial charge in [0.05, 0.1) is 18.1 Å². The Morgan fingerprint density at radius 1 is 1.11 bits per heavy atom. The summed E-state index contributed by atoms with van der Waals surface area (Å²) in [7, 11) is -0.474. The summed E-state index contributed by atoms with van der Waals surface area (Å²) >= 11 is 0. The number of hydrogen-bond donors (Lipinski definition) is 1. The molecule has 2 aromatic rings. The van der Waals surface area contributed by atoms with E-state index in [1.807, 2.05) is 6.07 Å². The molecular formula is C12H14N4O2S. The van der Waals surface area contributed by atoms with E-state index in [1.54, 1.807) is 31.3 Å². The molecule has 6 nitrogen and oxygen atoms in total. The smallest absolute Gasteiger partial charge is 0.267 e. The van der Waals surface area contributed by atoms with Crippen LogP contribution in [0.25, 0.3) is 0 Å². The van der Waals surface area contributed by atoms with Gasteiger partial charge < -0.3 is 5.32 Å². The van der Waals surface area contributed by atoms with Crippen molar-refractivity contribution < 1.29 is 8.42 Å². The Morgan fingerprint density at radius 3 is 2.21 bits per heavy atom. The Hall–Kier alpha value is -2.15. The molecule has 1 aromatic heterocycles. The van der Waals surface area contributed by atoms with Crippen molar-refractivity contribution in [1.82, 2.24) is 9.97 Å². The molecule has 1 aromatic carbocycles. The van der Waals surface area contributed by atoms with Crippen molar-refractivity contribution in [3.8, 4) is 0 Å². The van der Waals surface area contributed by atoms with Gasteiger partial charge in [0.2, 0.25) is 5.95 Å². The van der Waals surface area contributed by atoms with E-state index in [-0.39, 0.29) is 4.90 Å². The first-order chi connectivity index (χ1) is 9.05. The zero-order valence-electron chi connectivity index (χ0n) is 10.6. The highest BCUT2D eigenvalue weighted by molar-refractivity contribution is 7.92. The van der Waals surface area contributed by atoms with Gasteiger partial charge in [-0.1, -0.05) is 18.2 Å². The van der Waals surface area contributed by atoms with Crippen LogP contribution < -0.4 is 9.62 Å². The molecule has 2 rings (SSSR count). The monoisotopic (exact) mass is 278 g/mol. The van der Waals surface area contributed by atoms with E-state index in [0.717, 1.165) is 0 Å². The van der Waals surface area contributed by atoms with Crippen molar-refractivity contribution in [3.05, 3.63) is 42.7 Å². The quantitative estimate of drug-likeness (QED) is 0.913. The van der Waals surface area contributed by atoms with Crippen LogP contribution in [0.5, 0.6) is 0 Å². The molecule has 0 fully saturated rings. The van der Waals surface area contributed by atoms with Gasteiger partial charge in [-0.2, -0.15) is 0 Å². The van der Waals surface area contributed by atoms with Crippen LogP contribution in [0.15, 0.2) is 47.6 Å². The van der Waals surface area contributed by atoms with Crippen LogP contribution in [0.1, 0.15) is 0 Å². The Morgan fingerprint density at radius 2 is 1.68 bits per heavy atom. The fraction of sp³-hybridized carbons (Fsp3) is 0.167. The SMILES string of the molecule is CNc1ncc(S(=O)(=O)N(C)c2ccccc2)cn1. The van der Waals surface area contributed by atoms with Gasteiger partial charge in [0.1, 0.15) is 4.90 Å². The van der Waals surface area contributed by atoms with Crippen LogP contribution >= 0.6 is 0 Å². The summed E-state index contributed by atoms with van der Waals surface area (Å²) in [5.74, 6) is 0.376. The summed E-state index contributed by atoms with van der Waals surface area (Å²) < 4.78 is 25.9. The molecule has 0 atom stereocenters. The predicted octanol–water partition coefficient (Wildman–Crippen LogP) is 1.34. The first-order valence-electron chi connectivity index (χ1n) is 5.59. The van der Waals surface area contributed by atoms with Gasteiger partial charge in [0, 0.05) is 14.1 Å². The maximum Gasteiger partial charge on any atom is 0.267 e. The molecule has 0 saturated carbocycles. The molecule has 0 bridgehead atoms. The first-order valence-corrected chi connectivity index (χ1v) is 7.03. The highest BCUT2D eigenvalue weighted by Crippen LogP contribution is 2.20. The Kier molecular flexibility index (Phi) is 3.66. The number of sulfonamides is 1. The predicted molar refractivity (Wildman–Crippen MR) is 73.6 cm³/mol. The van der Waals surface area contributed by atoms with E-state index in [1.165, 1.54) is 23.7 Å². The molecule has 0 aliphatic rings. The van der Waals surface area contributed by atoms with Crippen molar-refractivity contribution in [2.75, 3.05) is 23.7 Å². The van der Waals surface area contributed by atoms with E-state index < -0.39 is 10.0 Å². The zero-order chi connectivity index (χ0) is 13.9. The van der Waals surface area contributed by atoms with Crippen LogP contribution in [0, 0.1) is 0 Å². The Balaban J connectivity index is 2.36. The molecule has 19 heavy (non-hydrogen) atoms.